The summed E-state index contributed by atoms with van der Waals surface area (Å²) in [7, 11) is 2.29. The Morgan fingerprint density at radius 2 is 1.85 bits per heavy atom. The van der Waals surface area contributed by atoms with E-state index in [9.17, 15) is 0 Å². The summed E-state index contributed by atoms with van der Waals surface area (Å²) >= 11 is 0. The van der Waals surface area contributed by atoms with Gasteiger partial charge in [0.15, 0.2) is 0 Å². The van der Waals surface area contributed by atoms with Crippen molar-refractivity contribution in [3.05, 3.63) is 0 Å². The predicted molar refractivity (Wildman–Crippen MR) is 55.9 cm³/mol. The van der Waals surface area contributed by atoms with Gasteiger partial charge in [-0.25, -0.2) is 0 Å². The summed E-state index contributed by atoms with van der Waals surface area (Å²) in [4.78, 5) is 2.56. The molecule has 0 unspecified atom stereocenters. The van der Waals surface area contributed by atoms with Gasteiger partial charge < -0.3 is 10.2 Å². The fourth-order valence-corrected chi connectivity index (χ4v) is 2.25. The fraction of sp³-hybridized carbons (Fsp3) is 1.00. The second-order valence-electron chi connectivity index (χ2n) is 4.69. The lowest BCUT2D eigenvalue weighted by Gasteiger charge is -2.25. The molecule has 0 amide bonds. The topological polar surface area (TPSA) is 15.3 Å². The van der Waals surface area contributed by atoms with Crippen LogP contribution < -0.4 is 5.32 Å². The highest BCUT2D eigenvalue weighted by atomic mass is 15.1. The van der Waals surface area contributed by atoms with Crippen LogP contribution in [0.3, 0.4) is 0 Å². The van der Waals surface area contributed by atoms with Crippen LogP contribution in [-0.4, -0.2) is 37.6 Å². The number of rotatable bonds is 4. The molecule has 2 rings (SSSR count). The first-order valence-electron chi connectivity index (χ1n) is 5.77. The van der Waals surface area contributed by atoms with E-state index in [-0.39, 0.29) is 0 Å². The molecule has 0 aromatic carbocycles. The van der Waals surface area contributed by atoms with E-state index in [1.165, 1.54) is 51.7 Å². The third-order valence-electron chi connectivity index (χ3n) is 3.52. The Labute approximate surface area is 81.7 Å². The van der Waals surface area contributed by atoms with Crippen LogP contribution in [-0.2, 0) is 0 Å². The number of piperidine rings is 1. The number of hydrogen-bond donors (Lipinski definition) is 1. The number of nitrogens with one attached hydrogen (secondary N) is 1. The first-order valence-corrected chi connectivity index (χ1v) is 5.77. The summed E-state index contributed by atoms with van der Waals surface area (Å²) < 4.78 is 0. The molecule has 1 saturated heterocycles. The smallest absolute Gasteiger partial charge is 0.00933 e. The van der Waals surface area contributed by atoms with Gasteiger partial charge in [-0.3, -0.25) is 0 Å². The van der Waals surface area contributed by atoms with E-state index in [0.717, 1.165) is 12.0 Å². The van der Waals surface area contributed by atoms with E-state index in [4.69, 9.17) is 0 Å². The molecule has 1 saturated carbocycles. The molecule has 76 valence electrons. The van der Waals surface area contributed by atoms with Crippen molar-refractivity contribution in [3.63, 3.8) is 0 Å². The van der Waals surface area contributed by atoms with Gasteiger partial charge >= 0.3 is 0 Å². The molecule has 2 fully saturated rings. The number of nitrogens with zero attached hydrogens (tertiary/aromatic N) is 1. The van der Waals surface area contributed by atoms with Crippen molar-refractivity contribution in [2.45, 2.75) is 38.1 Å². The predicted octanol–water partition coefficient (Wildman–Crippen LogP) is 1.47. The molecule has 1 aliphatic heterocycles. The molecule has 1 heterocycles. The lowest BCUT2D eigenvalue weighted by Crippen LogP contribution is -2.30. The highest BCUT2D eigenvalue weighted by Gasteiger charge is 2.26. The number of hydrogen-bond acceptors (Lipinski definition) is 2. The molecule has 2 heteroatoms. The van der Waals surface area contributed by atoms with Crippen LogP contribution in [0.25, 0.3) is 0 Å². The molecule has 0 spiro atoms. The van der Waals surface area contributed by atoms with Crippen molar-refractivity contribution in [1.29, 1.82) is 0 Å². The van der Waals surface area contributed by atoms with Gasteiger partial charge in [0.05, 0.1) is 0 Å². The van der Waals surface area contributed by atoms with Gasteiger partial charge in [0, 0.05) is 6.04 Å². The molecular weight excluding hydrogens is 160 g/mol. The summed E-state index contributed by atoms with van der Waals surface area (Å²) in [6.45, 7) is 3.82. The molecule has 0 atom stereocenters. The average Bonchev–Trinajstić information content (AvgIpc) is 2.99. The van der Waals surface area contributed by atoms with Crippen LogP contribution in [0.4, 0.5) is 0 Å². The van der Waals surface area contributed by atoms with E-state index in [2.05, 4.69) is 17.3 Å². The molecule has 1 aliphatic carbocycles. The van der Waals surface area contributed by atoms with Gasteiger partial charge in [-0.05, 0) is 64.7 Å². The molecular formula is C11H22N2. The second kappa shape index (κ2) is 4.43. The minimum atomic E-state index is 0.946. The van der Waals surface area contributed by atoms with E-state index in [1.807, 2.05) is 0 Å². The van der Waals surface area contributed by atoms with Crippen molar-refractivity contribution in [2.75, 3.05) is 26.7 Å². The first-order chi connectivity index (χ1) is 6.36. The van der Waals surface area contributed by atoms with Gasteiger partial charge in [0.1, 0.15) is 0 Å². The Morgan fingerprint density at radius 1 is 1.15 bits per heavy atom. The minimum absolute atomic E-state index is 0.946. The summed E-state index contributed by atoms with van der Waals surface area (Å²) in [6, 6.07) is 0.946. The zero-order valence-corrected chi connectivity index (χ0v) is 8.76. The highest BCUT2D eigenvalue weighted by molar-refractivity contribution is 4.82. The maximum atomic E-state index is 3.42. The van der Waals surface area contributed by atoms with Gasteiger partial charge in [0.2, 0.25) is 0 Å². The molecule has 2 aliphatic rings. The normalized spacial score (nSPS) is 25.4. The molecule has 1 N–H and O–H groups in total. The van der Waals surface area contributed by atoms with E-state index in [1.54, 1.807) is 0 Å². The molecule has 0 radical (unpaired) electrons. The van der Waals surface area contributed by atoms with Crippen LogP contribution in [0.2, 0.25) is 0 Å². The maximum absolute atomic E-state index is 3.42. The third-order valence-corrected chi connectivity index (χ3v) is 3.52. The van der Waals surface area contributed by atoms with Crippen molar-refractivity contribution in [2.24, 2.45) is 5.92 Å². The van der Waals surface area contributed by atoms with Gasteiger partial charge in [0.25, 0.3) is 0 Å². The van der Waals surface area contributed by atoms with E-state index in [0.29, 0.717) is 0 Å². The lowest BCUT2D eigenvalue weighted by atomic mass is 9.94. The van der Waals surface area contributed by atoms with Crippen LogP contribution >= 0.6 is 0 Å². The summed E-state index contributed by atoms with van der Waals surface area (Å²) in [5, 5.41) is 3.42. The Kier molecular flexibility index (Phi) is 3.23. The standard InChI is InChI=1S/C11H22N2/c1-13(11-2-3-11)9-6-10-4-7-12-8-5-10/h10-12H,2-9H2,1H3. The Balaban J connectivity index is 1.60. The summed E-state index contributed by atoms with van der Waals surface area (Å²) in [5.41, 5.74) is 0. The SMILES string of the molecule is CN(CCC1CCNCC1)C1CC1. The fourth-order valence-electron chi connectivity index (χ4n) is 2.25. The zero-order chi connectivity index (χ0) is 9.10. The lowest BCUT2D eigenvalue weighted by molar-refractivity contribution is 0.265. The molecule has 13 heavy (non-hydrogen) atoms. The van der Waals surface area contributed by atoms with E-state index < -0.39 is 0 Å². The first kappa shape index (κ1) is 9.47. The van der Waals surface area contributed by atoms with Crippen LogP contribution in [0, 0.1) is 5.92 Å². The molecule has 2 nitrogen and oxygen atoms in total. The Hall–Kier alpha value is -0.0800. The molecule has 0 aromatic rings. The minimum Gasteiger partial charge on any atom is -0.317 e. The highest BCUT2D eigenvalue weighted by Crippen LogP contribution is 2.26. The quantitative estimate of drug-likeness (QED) is 0.708. The van der Waals surface area contributed by atoms with Crippen LogP contribution in [0.15, 0.2) is 0 Å². The second-order valence-corrected chi connectivity index (χ2v) is 4.69. The monoisotopic (exact) mass is 182 g/mol. The average molecular weight is 182 g/mol. The summed E-state index contributed by atoms with van der Waals surface area (Å²) in [6.07, 6.45) is 7.12. The van der Waals surface area contributed by atoms with Gasteiger partial charge in [-0.2, -0.15) is 0 Å². The van der Waals surface area contributed by atoms with Crippen LogP contribution in [0.5, 0.6) is 0 Å². The van der Waals surface area contributed by atoms with Crippen molar-refractivity contribution in [1.82, 2.24) is 10.2 Å². The van der Waals surface area contributed by atoms with Crippen molar-refractivity contribution < 1.29 is 0 Å². The third kappa shape index (κ3) is 2.96. The van der Waals surface area contributed by atoms with Gasteiger partial charge in [-0.15, -0.1) is 0 Å². The van der Waals surface area contributed by atoms with Crippen molar-refractivity contribution >= 4 is 0 Å². The summed E-state index contributed by atoms with van der Waals surface area (Å²) in [5.74, 6) is 1.00. The largest absolute Gasteiger partial charge is 0.317 e. The molecule has 0 bridgehead atoms. The zero-order valence-electron chi connectivity index (χ0n) is 8.76. The Bertz CT molecular complexity index is 148. The van der Waals surface area contributed by atoms with Gasteiger partial charge in [-0.1, -0.05) is 0 Å². The maximum Gasteiger partial charge on any atom is 0.00933 e. The van der Waals surface area contributed by atoms with Crippen LogP contribution in [0.1, 0.15) is 32.1 Å². The van der Waals surface area contributed by atoms with E-state index >= 15 is 0 Å². The Morgan fingerprint density at radius 3 is 2.46 bits per heavy atom. The molecule has 0 aromatic heterocycles. The van der Waals surface area contributed by atoms with Crippen molar-refractivity contribution in [3.8, 4) is 0 Å².